The number of pyridine rings is 1. The molecule has 1 saturated carbocycles. The molecule has 1 amide bonds. The monoisotopic (exact) mass is 263 g/mol. The zero-order valence-electron chi connectivity index (χ0n) is 10.6. The van der Waals surface area contributed by atoms with Crippen molar-refractivity contribution < 1.29 is 14.7 Å². The molecule has 1 aliphatic rings. The standard InChI is InChI=1S/C13H17N3O3/c14-13(6-2-1-3-7-13)12(19)16-9-4-5-10(11(17)18)15-8-9/h4-5,8H,1-3,6-7,14H2,(H,16,19)(H,17,18). The van der Waals surface area contributed by atoms with Crippen molar-refractivity contribution in [2.24, 2.45) is 5.73 Å². The predicted molar refractivity (Wildman–Crippen MR) is 69.8 cm³/mol. The zero-order chi connectivity index (χ0) is 13.9. The average molecular weight is 263 g/mol. The number of amides is 1. The molecule has 0 radical (unpaired) electrons. The molecule has 4 N–H and O–H groups in total. The smallest absolute Gasteiger partial charge is 0.354 e. The van der Waals surface area contributed by atoms with E-state index in [1.54, 1.807) is 0 Å². The second-order valence-corrected chi connectivity index (χ2v) is 4.91. The molecule has 19 heavy (non-hydrogen) atoms. The van der Waals surface area contributed by atoms with Gasteiger partial charge < -0.3 is 16.2 Å². The predicted octanol–water partition coefficient (Wildman–Crippen LogP) is 1.38. The molecule has 0 saturated heterocycles. The minimum Gasteiger partial charge on any atom is -0.477 e. The molecule has 102 valence electrons. The number of nitrogens with zero attached hydrogens (tertiary/aromatic N) is 1. The van der Waals surface area contributed by atoms with E-state index in [1.807, 2.05) is 0 Å². The second kappa shape index (κ2) is 5.36. The minimum absolute atomic E-state index is 0.0573. The number of rotatable bonds is 3. The summed E-state index contributed by atoms with van der Waals surface area (Å²) < 4.78 is 0. The fourth-order valence-electron chi connectivity index (χ4n) is 2.26. The number of carbonyl (C=O) groups is 2. The number of carboxylic acids is 1. The van der Waals surface area contributed by atoms with E-state index in [0.717, 1.165) is 19.3 Å². The molecule has 1 heterocycles. The molecule has 1 aromatic rings. The van der Waals surface area contributed by atoms with E-state index in [1.165, 1.54) is 18.3 Å². The Labute approximate surface area is 111 Å². The Morgan fingerprint density at radius 2 is 1.95 bits per heavy atom. The summed E-state index contributed by atoms with van der Waals surface area (Å²) in [6, 6.07) is 2.86. The van der Waals surface area contributed by atoms with Crippen LogP contribution in [-0.4, -0.2) is 27.5 Å². The van der Waals surface area contributed by atoms with Crippen molar-refractivity contribution in [1.82, 2.24) is 4.98 Å². The molecule has 2 rings (SSSR count). The molecular weight excluding hydrogens is 246 g/mol. The van der Waals surface area contributed by atoms with Gasteiger partial charge >= 0.3 is 5.97 Å². The topological polar surface area (TPSA) is 105 Å². The third-order valence-electron chi connectivity index (χ3n) is 3.44. The summed E-state index contributed by atoms with van der Waals surface area (Å²) in [4.78, 5) is 26.5. The molecule has 0 bridgehead atoms. The molecule has 0 aromatic carbocycles. The van der Waals surface area contributed by atoms with Crippen LogP contribution in [-0.2, 0) is 4.79 Å². The van der Waals surface area contributed by atoms with Crippen LogP contribution in [0.3, 0.4) is 0 Å². The normalized spacial score (nSPS) is 17.7. The van der Waals surface area contributed by atoms with E-state index in [0.29, 0.717) is 18.5 Å². The highest BCUT2D eigenvalue weighted by molar-refractivity contribution is 5.98. The Morgan fingerprint density at radius 1 is 1.26 bits per heavy atom. The fourth-order valence-corrected chi connectivity index (χ4v) is 2.26. The summed E-state index contributed by atoms with van der Waals surface area (Å²) in [5.74, 6) is -1.32. The van der Waals surface area contributed by atoms with E-state index < -0.39 is 11.5 Å². The van der Waals surface area contributed by atoms with Gasteiger partial charge in [-0.3, -0.25) is 4.79 Å². The fraction of sp³-hybridized carbons (Fsp3) is 0.462. The van der Waals surface area contributed by atoms with Gasteiger partial charge in [-0.25, -0.2) is 9.78 Å². The number of nitrogens with one attached hydrogen (secondary N) is 1. The van der Waals surface area contributed by atoms with Crippen LogP contribution in [0.2, 0.25) is 0 Å². The van der Waals surface area contributed by atoms with Crippen molar-refractivity contribution in [3.8, 4) is 0 Å². The van der Waals surface area contributed by atoms with Gasteiger partial charge in [0.1, 0.15) is 5.69 Å². The summed E-state index contributed by atoms with van der Waals surface area (Å²) in [6.07, 6.45) is 5.72. The number of hydrogen-bond acceptors (Lipinski definition) is 4. The molecule has 1 fully saturated rings. The van der Waals surface area contributed by atoms with Crippen LogP contribution in [0.4, 0.5) is 5.69 Å². The van der Waals surface area contributed by atoms with Gasteiger partial charge in [-0.05, 0) is 25.0 Å². The van der Waals surface area contributed by atoms with Gasteiger partial charge in [0, 0.05) is 0 Å². The summed E-state index contributed by atoms with van der Waals surface area (Å²) in [7, 11) is 0. The summed E-state index contributed by atoms with van der Waals surface area (Å²) in [5.41, 5.74) is 5.69. The molecule has 1 aromatic heterocycles. The number of aromatic nitrogens is 1. The van der Waals surface area contributed by atoms with Crippen LogP contribution in [0.15, 0.2) is 18.3 Å². The van der Waals surface area contributed by atoms with Crippen molar-refractivity contribution in [1.29, 1.82) is 0 Å². The van der Waals surface area contributed by atoms with Crippen molar-refractivity contribution >= 4 is 17.6 Å². The zero-order valence-corrected chi connectivity index (χ0v) is 10.6. The maximum Gasteiger partial charge on any atom is 0.354 e. The Bertz CT molecular complexity index is 478. The largest absolute Gasteiger partial charge is 0.477 e. The van der Waals surface area contributed by atoms with E-state index in [2.05, 4.69) is 10.3 Å². The Kier molecular flexibility index (Phi) is 3.80. The molecule has 1 aliphatic carbocycles. The molecular formula is C13H17N3O3. The number of carbonyl (C=O) groups excluding carboxylic acids is 1. The number of anilines is 1. The average Bonchev–Trinajstić information content (AvgIpc) is 2.40. The molecule has 0 atom stereocenters. The van der Waals surface area contributed by atoms with Gasteiger partial charge in [0.05, 0.1) is 17.4 Å². The van der Waals surface area contributed by atoms with Gasteiger partial charge in [0.15, 0.2) is 0 Å². The van der Waals surface area contributed by atoms with Crippen molar-refractivity contribution in [2.75, 3.05) is 5.32 Å². The highest BCUT2D eigenvalue weighted by Crippen LogP contribution is 2.27. The second-order valence-electron chi connectivity index (χ2n) is 4.91. The first kappa shape index (κ1) is 13.5. The van der Waals surface area contributed by atoms with Gasteiger partial charge in [-0.15, -0.1) is 0 Å². The lowest BCUT2D eigenvalue weighted by Gasteiger charge is -2.31. The molecule has 0 unspecified atom stereocenters. The van der Waals surface area contributed by atoms with E-state index >= 15 is 0 Å². The quantitative estimate of drug-likeness (QED) is 0.764. The summed E-state index contributed by atoms with van der Waals surface area (Å²) in [6.45, 7) is 0. The minimum atomic E-state index is -1.10. The first-order valence-corrected chi connectivity index (χ1v) is 6.31. The Balaban J connectivity index is 2.04. The summed E-state index contributed by atoms with van der Waals surface area (Å²) >= 11 is 0. The van der Waals surface area contributed by atoms with Gasteiger partial charge in [0.25, 0.3) is 0 Å². The van der Waals surface area contributed by atoms with Gasteiger partial charge in [-0.1, -0.05) is 19.3 Å². The SMILES string of the molecule is NC1(C(=O)Nc2ccc(C(=O)O)nc2)CCCCC1. The number of nitrogens with two attached hydrogens (primary N) is 1. The lowest BCUT2D eigenvalue weighted by Crippen LogP contribution is -2.52. The van der Waals surface area contributed by atoms with Crippen molar-refractivity contribution in [3.63, 3.8) is 0 Å². The lowest BCUT2D eigenvalue weighted by molar-refractivity contribution is -0.122. The van der Waals surface area contributed by atoms with E-state index in [4.69, 9.17) is 10.8 Å². The third kappa shape index (κ3) is 3.08. The number of carboxylic acid groups (broad SMARTS) is 1. The van der Waals surface area contributed by atoms with Crippen molar-refractivity contribution in [3.05, 3.63) is 24.0 Å². The first-order valence-electron chi connectivity index (χ1n) is 6.31. The van der Waals surface area contributed by atoms with Crippen molar-refractivity contribution in [2.45, 2.75) is 37.6 Å². The molecule has 6 nitrogen and oxygen atoms in total. The third-order valence-corrected chi connectivity index (χ3v) is 3.44. The summed E-state index contributed by atoms with van der Waals surface area (Å²) in [5, 5.41) is 11.4. The van der Waals surface area contributed by atoms with Gasteiger partial charge in [0.2, 0.25) is 5.91 Å². The Hall–Kier alpha value is -1.95. The van der Waals surface area contributed by atoms with Crippen LogP contribution in [0.1, 0.15) is 42.6 Å². The van der Waals surface area contributed by atoms with Crippen LogP contribution in [0.25, 0.3) is 0 Å². The lowest BCUT2D eigenvalue weighted by atomic mass is 9.82. The van der Waals surface area contributed by atoms with Crippen LogP contribution in [0, 0.1) is 0 Å². The Morgan fingerprint density at radius 3 is 2.47 bits per heavy atom. The van der Waals surface area contributed by atoms with Crippen LogP contribution in [0.5, 0.6) is 0 Å². The van der Waals surface area contributed by atoms with Gasteiger partial charge in [-0.2, -0.15) is 0 Å². The maximum absolute atomic E-state index is 12.1. The maximum atomic E-state index is 12.1. The molecule has 0 aliphatic heterocycles. The molecule has 6 heteroatoms. The van der Waals surface area contributed by atoms with Crippen LogP contribution < -0.4 is 11.1 Å². The first-order chi connectivity index (χ1) is 9.01. The highest BCUT2D eigenvalue weighted by atomic mass is 16.4. The molecule has 0 spiro atoms. The van der Waals surface area contributed by atoms with Crippen LogP contribution >= 0.6 is 0 Å². The highest BCUT2D eigenvalue weighted by Gasteiger charge is 2.35. The van der Waals surface area contributed by atoms with E-state index in [9.17, 15) is 9.59 Å². The number of aromatic carboxylic acids is 1. The number of hydrogen-bond donors (Lipinski definition) is 3. The van der Waals surface area contributed by atoms with E-state index in [-0.39, 0.29) is 11.6 Å².